The number of methoxy groups -OCH3 is 1. The first-order valence-corrected chi connectivity index (χ1v) is 8.34. The summed E-state index contributed by atoms with van der Waals surface area (Å²) in [6, 6.07) is 13.1. The highest BCUT2D eigenvalue weighted by Gasteiger charge is 2.20. The summed E-state index contributed by atoms with van der Waals surface area (Å²) in [7, 11) is 1.42. The number of carbonyl (C=O) groups is 1. The fourth-order valence-electron chi connectivity index (χ4n) is 3.37. The molecule has 0 heterocycles. The standard InChI is InChI=1S/C20H22FNO2/c1-24-19-10-9-14(11-18(19)21)12-20(23)22-13-16-7-4-6-15-5-2-3-8-17(15)16/h2-3,5,8-11,16H,4,6-7,12-13H2,1H3,(H,22,23). The molecule has 2 aromatic carbocycles. The van der Waals surface area contributed by atoms with Crippen molar-refractivity contribution >= 4 is 5.91 Å². The van der Waals surface area contributed by atoms with Crippen LogP contribution in [0.4, 0.5) is 4.39 Å². The molecule has 1 aliphatic rings. The molecule has 24 heavy (non-hydrogen) atoms. The first kappa shape index (κ1) is 16.5. The molecule has 126 valence electrons. The molecule has 1 N–H and O–H groups in total. The van der Waals surface area contributed by atoms with Gasteiger partial charge >= 0.3 is 0 Å². The third-order valence-electron chi connectivity index (χ3n) is 4.62. The van der Waals surface area contributed by atoms with Crippen LogP contribution in [0.15, 0.2) is 42.5 Å². The second kappa shape index (κ2) is 7.47. The number of fused-ring (bicyclic) bond motifs is 1. The number of hydrogen-bond donors (Lipinski definition) is 1. The topological polar surface area (TPSA) is 38.3 Å². The minimum atomic E-state index is -0.441. The van der Waals surface area contributed by atoms with E-state index in [1.807, 2.05) is 0 Å². The molecular formula is C20H22FNO2. The summed E-state index contributed by atoms with van der Waals surface area (Å²) in [5, 5.41) is 3.00. The van der Waals surface area contributed by atoms with Crippen LogP contribution in [0.2, 0.25) is 0 Å². The molecule has 1 atom stereocenters. The first-order chi connectivity index (χ1) is 11.7. The molecule has 0 aromatic heterocycles. The predicted molar refractivity (Wildman–Crippen MR) is 91.8 cm³/mol. The SMILES string of the molecule is COc1ccc(CC(=O)NCC2CCCc3ccccc32)cc1F. The van der Waals surface area contributed by atoms with Crippen LogP contribution in [0.5, 0.6) is 5.75 Å². The zero-order valence-corrected chi connectivity index (χ0v) is 13.8. The van der Waals surface area contributed by atoms with Crippen LogP contribution < -0.4 is 10.1 Å². The maximum atomic E-state index is 13.7. The minimum Gasteiger partial charge on any atom is -0.494 e. The van der Waals surface area contributed by atoms with Gasteiger partial charge in [-0.3, -0.25) is 4.79 Å². The van der Waals surface area contributed by atoms with Gasteiger partial charge in [0, 0.05) is 12.5 Å². The number of benzene rings is 2. The average Bonchev–Trinajstić information content (AvgIpc) is 2.60. The lowest BCUT2D eigenvalue weighted by Gasteiger charge is -2.25. The number of hydrogen-bond acceptors (Lipinski definition) is 2. The van der Waals surface area contributed by atoms with E-state index in [1.54, 1.807) is 12.1 Å². The molecule has 0 spiro atoms. The molecule has 3 rings (SSSR count). The lowest BCUT2D eigenvalue weighted by Crippen LogP contribution is -2.31. The zero-order chi connectivity index (χ0) is 16.9. The van der Waals surface area contributed by atoms with E-state index < -0.39 is 5.82 Å². The Bertz CT molecular complexity index is 729. The van der Waals surface area contributed by atoms with Gasteiger partial charge in [0.15, 0.2) is 11.6 Å². The van der Waals surface area contributed by atoms with Crippen molar-refractivity contribution < 1.29 is 13.9 Å². The van der Waals surface area contributed by atoms with Crippen LogP contribution in [0.3, 0.4) is 0 Å². The number of amides is 1. The third-order valence-corrected chi connectivity index (χ3v) is 4.62. The highest BCUT2D eigenvalue weighted by atomic mass is 19.1. The summed E-state index contributed by atoms with van der Waals surface area (Å²) in [6.45, 7) is 0.633. The fraction of sp³-hybridized carbons (Fsp3) is 0.350. The second-order valence-electron chi connectivity index (χ2n) is 6.24. The van der Waals surface area contributed by atoms with Crippen LogP contribution in [0.25, 0.3) is 0 Å². The first-order valence-electron chi connectivity index (χ1n) is 8.34. The number of nitrogens with one attached hydrogen (secondary N) is 1. The molecule has 1 unspecified atom stereocenters. The summed E-state index contributed by atoms with van der Waals surface area (Å²) >= 11 is 0. The highest BCUT2D eigenvalue weighted by Crippen LogP contribution is 2.30. The molecule has 0 saturated carbocycles. The van der Waals surface area contributed by atoms with Crippen LogP contribution in [0.1, 0.15) is 35.4 Å². The van der Waals surface area contributed by atoms with Crippen LogP contribution in [0, 0.1) is 5.82 Å². The molecule has 0 bridgehead atoms. The lowest BCUT2D eigenvalue weighted by atomic mass is 9.83. The van der Waals surface area contributed by atoms with E-state index in [0.717, 1.165) is 19.3 Å². The van der Waals surface area contributed by atoms with Crippen molar-refractivity contribution in [2.75, 3.05) is 13.7 Å². The van der Waals surface area contributed by atoms with Crippen LogP contribution >= 0.6 is 0 Å². The highest BCUT2D eigenvalue weighted by molar-refractivity contribution is 5.78. The summed E-state index contributed by atoms with van der Waals surface area (Å²) in [6.07, 6.45) is 3.54. The zero-order valence-electron chi connectivity index (χ0n) is 13.8. The Balaban J connectivity index is 1.58. The van der Waals surface area contributed by atoms with E-state index in [4.69, 9.17) is 4.74 Å². The summed E-state index contributed by atoms with van der Waals surface area (Å²) in [4.78, 5) is 12.2. The maximum Gasteiger partial charge on any atom is 0.224 e. The second-order valence-corrected chi connectivity index (χ2v) is 6.24. The Morgan fingerprint density at radius 3 is 2.92 bits per heavy atom. The van der Waals surface area contributed by atoms with E-state index in [-0.39, 0.29) is 18.1 Å². The average molecular weight is 327 g/mol. The Hall–Kier alpha value is -2.36. The van der Waals surface area contributed by atoms with E-state index in [1.165, 1.54) is 24.3 Å². The number of rotatable bonds is 5. The number of carbonyl (C=O) groups excluding carboxylic acids is 1. The van der Waals surface area contributed by atoms with E-state index >= 15 is 0 Å². The summed E-state index contributed by atoms with van der Waals surface area (Å²) in [5.74, 6) is 0.0381. The Labute approximate surface area is 141 Å². The van der Waals surface area contributed by atoms with Crippen molar-refractivity contribution in [1.29, 1.82) is 0 Å². The molecular weight excluding hydrogens is 305 g/mol. The minimum absolute atomic E-state index is 0.0809. The van der Waals surface area contributed by atoms with E-state index in [0.29, 0.717) is 18.0 Å². The van der Waals surface area contributed by atoms with Gasteiger partial charge in [-0.2, -0.15) is 0 Å². The van der Waals surface area contributed by atoms with Crippen molar-refractivity contribution in [1.82, 2.24) is 5.32 Å². The molecule has 3 nitrogen and oxygen atoms in total. The molecule has 4 heteroatoms. The summed E-state index contributed by atoms with van der Waals surface area (Å²) in [5.41, 5.74) is 3.38. The predicted octanol–water partition coefficient (Wildman–Crippen LogP) is 3.61. The van der Waals surface area contributed by atoms with Gasteiger partial charge in [-0.1, -0.05) is 30.3 Å². The van der Waals surface area contributed by atoms with Crippen molar-refractivity contribution in [2.24, 2.45) is 0 Å². The summed E-state index contributed by atoms with van der Waals surface area (Å²) < 4.78 is 18.6. The largest absolute Gasteiger partial charge is 0.494 e. The van der Waals surface area contributed by atoms with Gasteiger partial charge in [0.1, 0.15) is 0 Å². The normalized spacial score (nSPS) is 16.3. The Morgan fingerprint density at radius 1 is 1.29 bits per heavy atom. The van der Waals surface area contributed by atoms with Gasteiger partial charge in [0.25, 0.3) is 0 Å². The fourth-order valence-corrected chi connectivity index (χ4v) is 3.37. The Kier molecular flexibility index (Phi) is 5.14. The van der Waals surface area contributed by atoms with Crippen LogP contribution in [-0.4, -0.2) is 19.6 Å². The van der Waals surface area contributed by atoms with Gasteiger partial charge in [-0.15, -0.1) is 0 Å². The molecule has 0 radical (unpaired) electrons. The van der Waals surface area contributed by atoms with E-state index in [2.05, 4.69) is 29.6 Å². The number of halogens is 1. The molecule has 1 aliphatic carbocycles. The van der Waals surface area contributed by atoms with Crippen molar-refractivity contribution in [3.05, 3.63) is 65.0 Å². The van der Waals surface area contributed by atoms with E-state index in [9.17, 15) is 9.18 Å². The van der Waals surface area contributed by atoms with Crippen molar-refractivity contribution in [2.45, 2.75) is 31.6 Å². The van der Waals surface area contributed by atoms with Gasteiger partial charge in [0.05, 0.1) is 13.5 Å². The van der Waals surface area contributed by atoms with Crippen LogP contribution in [-0.2, 0) is 17.6 Å². The van der Waals surface area contributed by atoms with Gasteiger partial charge in [0.2, 0.25) is 5.91 Å². The molecule has 2 aromatic rings. The molecule has 0 saturated heterocycles. The number of aryl methyl sites for hydroxylation is 1. The molecule has 0 fully saturated rings. The lowest BCUT2D eigenvalue weighted by molar-refractivity contribution is -0.120. The third kappa shape index (κ3) is 3.75. The number of ether oxygens (including phenoxy) is 1. The maximum absolute atomic E-state index is 13.7. The van der Waals surface area contributed by atoms with Crippen molar-refractivity contribution in [3.63, 3.8) is 0 Å². The molecule has 0 aliphatic heterocycles. The van der Waals surface area contributed by atoms with Gasteiger partial charge < -0.3 is 10.1 Å². The molecule has 1 amide bonds. The smallest absolute Gasteiger partial charge is 0.224 e. The Morgan fingerprint density at radius 2 is 2.12 bits per heavy atom. The quantitative estimate of drug-likeness (QED) is 0.911. The van der Waals surface area contributed by atoms with Crippen molar-refractivity contribution in [3.8, 4) is 5.75 Å². The van der Waals surface area contributed by atoms with Gasteiger partial charge in [-0.05, 0) is 48.1 Å². The van der Waals surface area contributed by atoms with Gasteiger partial charge in [-0.25, -0.2) is 4.39 Å². The monoisotopic (exact) mass is 327 g/mol.